The van der Waals surface area contributed by atoms with Gasteiger partial charge < -0.3 is 4.74 Å². The summed E-state index contributed by atoms with van der Waals surface area (Å²) >= 11 is 0. The molecule has 0 saturated heterocycles. The number of nitrogens with one attached hydrogen (secondary N) is 1. The van der Waals surface area contributed by atoms with Gasteiger partial charge in [0, 0.05) is 5.69 Å². The molecular weight excluding hydrogens is 262 g/mol. The van der Waals surface area contributed by atoms with E-state index in [4.69, 9.17) is 4.74 Å². The van der Waals surface area contributed by atoms with Gasteiger partial charge in [0.1, 0.15) is 6.61 Å². The highest BCUT2D eigenvalue weighted by Gasteiger charge is 2.04. The van der Waals surface area contributed by atoms with E-state index in [0.717, 1.165) is 22.4 Å². The molecule has 1 N–H and O–H groups in total. The molecule has 3 nitrogen and oxygen atoms in total. The number of rotatable bonds is 4. The second-order valence-electron chi connectivity index (χ2n) is 4.85. The molecule has 0 aliphatic rings. The van der Waals surface area contributed by atoms with Crippen molar-refractivity contribution in [3.63, 3.8) is 0 Å². The Labute approximate surface area is 125 Å². The normalized spacial score (nSPS) is 10.6. The van der Waals surface area contributed by atoms with E-state index < -0.39 is 6.09 Å². The third-order valence-electron chi connectivity index (χ3n) is 3.05. The molecule has 0 aromatic heterocycles. The maximum atomic E-state index is 11.7. The Balaban J connectivity index is 1.82. The van der Waals surface area contributed by atoms with E-state index in [-0.39, 0.29) is 6.61 Å². The first-order chi connectivity index (χ1) is 10.1. The average molecular weight is 281 g/mol. The minimum atomic E-state index is -0.443. The van der Waals surface area contributed by atoms with E-state index in [1.165, 1.54) is 0 Å². The Kier molecular flexibility index (Phi) is 5.16. The zero-order chi connectivity index (χ0) is 15.1. The summed E-state index contributed by atoms with van der Waals surface area (Å²) in [4.78, 5) is 11.7. The number of amides is 1. The van der Waals surface area contributed by atoms with Crippen molar-refractivity contribution < 1.29 is 9.53 Å². The highest BCUT2D eigenvalue weighted by atomic mass is 16.5. The summed E-state index contributed by atoms with van der Waals surface area (Å²) in [5.74, 6) is 0. The summed E-state index contributed by atoms with van der Waals surface area (Å²) in [7, 11) is 0. The molecule has 21 heavy (non-hydrogen) atoms. The number of carbonyl (C=O) groups is 1. The average Bonchev–Trinajstić information content (AvgIpc) is 2.48. The molecule has 0 atom stereocenters. The number of aryl methyl sites for hydroxylation is 2. The molecule has 2 aromatic carbocycles. The summed E-state index contributed by atoms with van der Waals surface area (Å²) in [5.41, 5.74) is 3.97. The first-order valence-electron chi connectivity index (χ1n) is 6.88. The lowest BCUT2D eigenvalue weighted by Gasteiger charge is -2.09. The van der Waals surface area contributed by atoms with Crippen LogP contribution in [-0.4, -0.2) is 12.7 Å². The van der Waals surface area contributed by atoms with Gasteiger partial charge in [-0.2, -0.15) is 0 Å². The van der Waals surface area contributed by atoms with Crippen molar-refractivity contribution in [3.05, 3.63) is 71.3 Å². The van der Waals surface area contributed by atoms with Crippen molar-refractivity contribution in [2.24, 2.45) is 0 Å². The van der Waals surface area contributed by atoms with Crippen LogP contribution in [0, 0.1) is 13.8 Å². The molecule has 0 heterocycles. The molecule has 0 fully saturated rings. The Hall–Kier alpha value is -2.55. The Morgan fingerprint density at radius 3 is 2.67 bits per heavy atom. The molecule has 0 spiro atoms. The van der Waals surface area contributed by atoms with Gasteiger partial charge in [-0.05, 0) is 42.7 Å². The number of hydrogen-bond donors (Lipinski definition) is 1. The van der Waals surface area contributed by atoms with Gasteiger partial charge in [0.2, 0.25) is 0 Å². The van der Waals surface area contributed by atoms with E-state index in [2.05, 4.69) is 5.32 Å². The van der Waals surface area contributed by atoms with Crippen LogP contribution in [0.2, 0.25) is 0 Å². The molecule has 1 amide bonds. The second kappa shape index (κ2) is 7.29. The van der Waals surface area contributed by atoms with E-state index >= 15 is 0 Å². The summed E-state index contributed by atoms with van der Waals surface area (Å²) in [6.07, 6.45) is 3.30. The fourth-order valence-electron chi connectivity index (χ4n) is 1.89. The zero-order valence-electron chi connectivity index (χ0n) is 12.3. The van der Waals surface area contributed by atoms with Gasteiger partial charge in [-0.15, -0.1) is 0 Å². The van der Waals surface area contributed by atoms with E-state index in [1.807, 2.05) is 74.5 Å². The molecule has 0 aliphatic carbocycles. The topological polar surface area (TPSA) is 38.3 Å². The van der Waals surface area contributed by atoms with Crippen molar-refractivity contribution in [1.82, 2.24) is 0 Å². The van der Waals surface area contributed by atoms with Gasteiger partial charge in [-0.25, -0.2) is 4.79 Å². The lowest BCUT2D eigenvalue weighted by Crippen LogP contribution is -2.14. The highest BCUT2D eigenvalue weighted by molar-refractivity contribution is 5.85. The van der Waals surface area contributed by atoms with Gasteiger partial charge in [0.15, 0.2) is 0 Å². The van der Waals surface area contributed by atoms with Crippen LogP contribution in [0.15, 0.2) is 54.6 Å². The first kappa shape index (κ1) is 14.9. The molecule has 0 unspecified atom stereocenters. The molecule has 2 rings (SSSR count). The molecule has 2 aromatic rings. The largest absolute Gasteiger partial charge is 0.445 e. The maximum Gasteiger partial charge on any atom is 0.411 e. The standard InChI is InChI=1S/C18H19NO2/c1-14-10-11-15(2)17(13-14)19-18(20)21-12-6-9-16-7-4-3-5-8-16/h3-11,13H,12H2,1-2H3,(H,19,20). The predicted octanol–water partition coefficient (Wildman–Crippen LogP) is 4.57. The van der Waals surface area contributed by atoms with Crippen LogP contribution in [0.4, 0.5) is 10.5 Å². The van der Waals surface area contributed by atoms with Gasteiger partial charge in [-0.3, -0.25) is 5.32 Å². The smallest absolute Gasteiger partial charge is 0.411 e. The van der Waals surface area contributed by atoms with Crippen LogP contribution in [0.1, 0.15) is 16.7 Å². The minimum absolute atomic E-state index is 0.242. The number of carbonyl (C=O) groups excluding carboxylic acids is 1. The zero-order valence-corrected chi connectivity index (χ0v) is 12.3. The number of ether oxygens (including phenoxy) is 1. The van der Waals surface area contributed by atoms with Crippen molar-refractivity contribution in [2.45, 2.75) is 13.8 Å². The van der Waals surface area contributed by atoms with Crippen LogP contribution >= 0.6 is 0 Å². The predicted molar refractivity (Wildman–Crippen MR) is 86.4 cm³/mol. The van der Waals surface area contributed by atoms with Crippen LogP contribution < -0.4 is 5.32 Å². The summed E-state index contributed by atoms with van der Waals surface area (Å²) in [5, 5.41) is 2.75. The van der Waals surface area contributed by atoms with Crippen molar-refractivity contribution in [1.29, 1.82) is 0 Å². The van der Waals surface area contributed by atoms with Crippen molar-refractivity contribution in [2.75, 3.05) is 11.9 Å². The van der Waals surface area contributed by atoms with Gasteiger partial charge in [-0.1, -0.05) is 48.5 Å². The van der Waals surface area contributed by atoms with Gasteiger partial charge in [0.25, 0.3) is 0 Å². The minimum Gasteiger partial charge on any atom is -0.445 e. The third kappa shape index (κ3) is 4.80. The molecule has 108 valence electrons. The number of anilines is 1. The monoisotopic (exact) mass is 281 g/mol. The Morgan fingerprint density at radius 2 is 1.90 bits per heavy atom. The Morgan fingerprint density at radius 1 is 1.14 bits per heavy atom. The fraction of sp³-hybridized carbons (Fsp3) is 0.167. The SMILES string of the molecule is Cc1ccc(C)c(NC(=O)OCC=Cc2ccccc2)c1. The van der Waals surface area contributed by atoms with Gasteiger partial charge in [0.05, 0.1) is 0 Å². The molecule has 0 bridgehead atoms. The molecule has 0 saturated carbocycles. The quantitative estimate of drug-likeness (QED) is 0.891. The van der Waals surface area contributed by atoms with Crippen LogP contribution in [0.5, 0.6) is 0 Å². The second-order valence-corrected chi connectivity index (χ2v) is 4.85. The lowest BCUT2D eigenvalue weighted by atomic mass is 10.1. The van der Waals surface area contributed by atoms with Crippen molar-refractivity contribution >= 4 is 17.9 Å². The molecule has 0 radical (unpaired) electrons. The lowest BCUT2D eigenvalue weighted by molar-refractivity contribution is 0.174. The van der Waals surface area contributed by atoms with Crippen LogP contribution in [0.25, 0.3) is 6.08 Å². The third-order valence-corrected chi connectivity index (χ3v) is 3.05. The highest BCUT2D eigenvalue weighted by Crippen LogP contribution is 2.16. The molecule has 0 aliphatic heterocycles. The van der Waals surface area contributed by atoms with E-state index in [0.29, 0.717) is 0 Å². The Bertz CT molecular complexity index is 633. The van der Waals surface area contributed by atoms with E-state index in [1.54, 1.807) is 0 Å². The van der Waals surface area contributed by atoms with Gasteiger partial charge >= 0.3 is 6.09 Å². The first-order valence-corrected chi connectivity index (χ1v) is 6.88. The number of hydrogen-bond acceptors (Lipinski definition) is 2. The molecular formula is C18H19NO2. The number of benzene rings is 2. The summed E-state index contributed by atoms with van der Waals surface area (Å²) in [6.45, 7) is 4.18. The van der Waals surface area contributed by atoms with Crippen LogP contribution in [0.3, 0.4) is 0 Å². The van der Waals surface area contributed by atoms with E-state index in [9.17, 15) is 4.79 Å². The summed E-state index contributed by atoms with van der Waals surface area (Å²) in [6, 6.07) is 15.8. The summed E-state index contributed by atoms with van der Waals surface area (Å²) < 4.78 is 5.13. The van der Waals surface area contributed by atoms with Crippen molar-refractivity contribution in [3.8, 4) is 0 Å². The molecule has 3 heteroatoms. The fourth-order valence-corrected chi connectivity index (χ4v) is 1.89. The van der Waals surface area contributed by atoms with Crippen LogP contribution in [-0.2, 0) is 4.74 Å². The maximum absolute atomic E-state index is 11.7.